The van der Waals surface area contributed by atoms with E-state index in [0.717, 1.165) is 5.56 Å². The van der Waals surface area contributed by atoms with Gasteiger partial charge in [-0.1, -0.05) is 35.0 Å². The van der Waals surface area contributed by atoms with Gasteiger partial charge >= 0.3 is 0 Å². The summed E-state index contributed by atoms with van der Waals surface area (Å²) in [5.74, 6) is -0.653. The second-order valence-corrected chi connectivity index (χ2v) is 6.69. The second-order valence-electron chi connectivity index (χ2n) is 6.28. The first kappa shape index (κ1) is 18.1. The summed E-state index contributed by atoms with van der Waals surface area (Å²) in [5, 5.41) is 7.92. The van der Waals surface area contributed by atoms with Crippen molar-refractivity contribution in [2.75, 3.05) is 0 Å². The molecule has 4 aromatic rings. The zero-order valence-corrected chi connectivity index (χ0v) is 15.6. The maximum Gasteiger partial charge on any atom is 0.259 e. The van der Waals surface area contributed by atoms with Gasteiger partial charge in [-0.2, -0.15) is 0 Å². The molecule has 0 fully saturated rings. The highest BCUT2D eigenvalue weighted by Gasteiger charge is 2.19. The van der Waals surface area contributed by atoms with E-state index in [2.05, 4.69) is 15.5 Å². The van der Waals surface area contributed by atoms with Crippen LogP contribution in [-0.4, -0.2) is 16.0 Å². The lowest BCUT2D eigenvalue weighted by Gasteiger charge is -2.09. The van der Waals surface area contributed by atoms with E-state index in [1.807, 2.05) is 18.2 Å². The molecule has 1 N–H and O–H groups in total. The SMILES string of the molecule is Cc1noc2nc(-c3ccc(F)cc3)cc(C(=O)NCc3ccccc3Cl)c12. The summed E-state index contributed by atoms with van der Waals surface area (Å²) in [6, 6.07) is 14.8. The molecule has 0 radical (unpaired) electrons. The number of aryl methyl sites for hydroxylation is 1. The fourth-order valence-electron chi connectivity index (χ4n) is 2.95. The molecular weight excluding hydrogens is 381 g/mol. The molecule has 0 saturated carbocycles. The number of hydrogen-bond donors (Lipinski definition) is 1. The lowest BCUT2D eigenvalue weighted by Crippen LogP contribution is -2.23. The molecule has 0 aliphatic rings. The smallest absolute Gasteiger partial charge is 0.259 e. The normalized spacial score (nSPS) is 11.0. The van der Waals surface area contributed by atoms with Crippen LogP contribution in [-0.2, 0) is 6.54 Å². The molecule has 2 aromatic carbocycles. The number of amides is 1. The van der Waals surface area contributed by atoms with E-state index in [9.17, 15) is 9.18 Å². The molecule has 0 atom stereocenters. The Hall–Kier alpha value is -3.25. The van der Waals surface area contributed by atoms with Gasteiger partial charge in [-0.15, -0.1) is 0 Å². The highest BCUT2D eigenvalue weighted by atomic mass is 35.5. The second kappa shape index (κ2) is 7.40. The van der Waals surface area contributed by atoms with Gasteiger partial charge in [0.15, 0.2) is 0 Å². The Balaban J connectivity index is 1.72. The summed E-state index contributed by atoms with van der Waals surface area (Å²) in [6.07, 6.45) is 0. The number of fused-ring (bicyclic) bond motifs is 1. The van der Waals surface area contributed by atoms with Gasteiger partial charge in [-0.05, 0) is 48.9 Å². The van der Waals surface area contributed by atoms with Crippen LogP contribution in [0.3, 0.4) is 0 Å². The van der Waals surface area contributed by atoms with E-state index < -0.39 is 0 Å². The van der Waals surface area contributed by atoms with Crippen LogP contribution in [0.25, 0.3) is 22.4 Å². The van der Waals surface area contributed by atoms with Gasteiger partial charge in [-0.3, -0.25) is 4.79 Å². The monoisotopic (exact) mass is 395 g/mol. The Labute approximate surface area is 165 Å². The van der Waals surface area contributed by atoms with Gasteiger partial charge in [0.1, 0.15) is 5.82 Å². The molecule has 7 heteroatoms. The van der Waals surface area contributed by atoms with Crippen molar-refractivity contribution >= 4 is 28.6 Å². The third kappa shape index (κ3) is 3.46. The van der Waals surface area contributed by atoms with Gasteiger partial charge in [0.2, 0.25) is 0 Å². The first-order chi connectivity index (χ1) is 13.5. The molecule has 1 amide bonds. The molecule has 4 rings (SSSR count). The van der Waals surface area contributed by atoms with Crippen molar-refractivity contribution in [1.82, 2.24) is 15.5 Å². The van der Waals surface area contributed by atoms with E-state index in [4.69, 9.17) is 16.1 Å². The molecule has 0 aliphatic carbocycles. The van der Waals surface area contributed by atoms with Crippen molar-refractivity contribution in [3.05, 3.63) is 82.3 Å². The molecule has 2 heterocycles. The molecule has 2 aromatic heterocycles. The van der Waals surface area contributed by atoms with Crippen molar-refractivity contribution in [2.24, 2.45) is 0 Å². The van der Waals surface area contributed by atoms with Crippen molar-refractivity contribution < 1.29 is 13.7 Å². The average molecular weight is 396 g/mol. The van der Waals surface area contributed by atoms with Crippen molar-refractivity contribution in [1.29, 1.82) is 0 Å². The van der Waals surface area contributed by atoms with E-state index in [1.165, 1.54) is 12.1 Å². The van der Waals surface area contributed by atoms with Crippen molar-refractivity contribution in [2.45, 2.75) is 13.5 Å². The number of carbonyl (C=O) groups is 1. The van der Waals surface area contributed by atoms with Crippen LogP contribution in [0.2, 0.25) is 5.02 Å². The molecule has 0 spiro atoms. The van der Waals surface area contributed by atoms with Crippen LogP contribution in [0.5, 0.6) is 0 Å². The first-order valence-corrected chi connectivity index (χ1v) is 8.95. The number of halogens is 2. The Morgan fingerprint density at radius 2 is 1.93 bits per heavy atom. The quantitative estimate of drug-likeness (QED) is 0.532. The topological polar surface area (TPSA) is 68.0 Å². The van der Waals surface area contributed by atoms with Crippen LogP contribution >= 0.6 is 11.6 Å². The van der Waals surface area contributed by atoms with Crippen LogP contribution in [0, 0.1) is 12.7 Å². The Bertz CT molecular complexity index is 1170. The number of aromatic nitrogens is 2. The largest absolute Gasteiger partial charge is 0.348 e. The van der Waals surface area contributed by atoms with Gasteiger partial charge in [0.25, 0.3) is 11.6 Å². The van der Waals surface area contributed by atoms with Crippen molar-refractivity contribution in [3.63, 3.8) is 0 Å². The number of pyridine rings is 1. The van der Waals surface area contributed by atoms with Crippen LogP contribution in [0.1, 0.15) is 21.6 Å². The van der Waals surface area contributed by atoms with E-state index in [1.54, 1.807) is 31.2 Å². The maximum absolute atomic E-state index is 13.2. The number of benzene rings is 2. The van der Waals surface area contributed by atoms with Gasteiger partial charge in [-0.25, -0.2) is 9.37 Å². The van der Waals surface area contributed by atoms with Gasteiger partial charge in [0.05, 0.1) is 22.3 Å². The maximum atomic E-state index is 13.2. The summed E-state index contributed by atoms with van der Waals surface area (Å²) in [6.45, 7) is 2.02. The highest BCUT2D eigenvalue weighted by molar-refractivity contribution is 6.31. The van der Waals surface area contributed by atoms with Gasteiger partial charge in [0, 0.05) is 17.1 Å². The summed E-state index contributed by atoms with van der Waals surface area (Å²) >= 11 is 6.16. The molecular formula is C21H15ClFN3O2. The Morgan fingerprint density at radius 1 is 1.18 bits per heavy atom. The molecule has 140 valence electrons. The summed E-state index contributed by atoms with van der Waals surface area (Å²) in [4.78, 5) is 17.3. The average Bonchev–Trinajstić information content (AvgIpc) is 3.08. The molecule has 28 heavy (non-hydrogen) atoms. The lowest BCUT2D eigenvalue weighted by atomic mass is 10.0. The number of rotatable bonds is 4. The highest BCUT2D eigenvalue weighted by Crippen LogP contribution is 2.27. The predicted octanol–water partition coefficient (Wildman–Crippen LogP) is 4.92. The number of carbonyl (C=O) groups excluding carboxylic acids is 1. The number of nitrogens with one attached hydrogen (secondary N) is 1. The molecule has 0 bridgehead atoms. The zero-order valence-electron chi connectivity index (χ0n) is 14.9. The standard InChI is InChI=1S/C21H15ClFN3O2/c1-12-19-16(20(27)24-11-14-4-2-3-5-17(14)22)10-18(25-21(19)28-26-12)13-6-8-15(23)9-7-13/h2-10H,11H2,1H3,(H,24,27). The molecule has 0 aliphatic heterocycles. The summed E-state index contributed by atoms with van der Waals surface area (Å²) in [5.41, 5.74) is 3.17. The third-order valence-electron chi connectivity index (χ3n) is 4.40. The fourth-order valence-corrected chi connectivity index (χ4v) is 3.16. The first-order valence-electron chi connectivity index (χ1n) is 8.57. The Morgan fingerprint density at radius 3 is 2.68 bits per heavy atom. The molecule has 5 nitrogen and oxygen atoms in total. The van der Waals surface area contributed by atoms with E-state index in [0.29, 0.717) is 32.9 Å². The zero-order chi connectivity index (χ0) is 19.7. The summed E-state index contributed by atoms with van der Waals surface area (Å²) < 4.78 is 18.5. The predicted molar refractivity (Wildman–Crippen MR) is 105 cm³/mol. The lowest BCUT2D eigenvalue weighted by molar-refractivity contribution is 0.0952. The summed E-state index contributed by atoms with van der Waals surface area (Å²) in [7, 11) is 0. The Kier molecular flexibility index (Phi) is 4.79. The van der Waals surface area contributed by atoms with Crippen molar-refractivity contribution in [3.8, 4) is 11.3 Å². The van der Waals surface area contributed by atoms with Gasteiger partial charge < -0.3 is 9.84 Å². The van der Waals surface area contributed by atoms with E-state index in [-0.39, 0.29) is 24.0 Å². The van der Waals surface area contributed by atoms with Crippen LogP contribution in [0.4, 0.5) is 4.39 Å². The minimum Gasteiger partial charge on any atom is -0.348 e. The fraction of sp³-hybridized carbons (Fsp3) is 0.0952. The number of hydrogen-bond acceptors (Lipinski definition) is 4. The van der Waals surface area contributed by atoms with Crippen LogP contribution < -0.4 is 5.32 Å². The van der Waals surface area contributed by atoms with Crippen LogP contribution in [0.15, 0.2) is 59.1 Å². The van der Waals surface area contributed by atoms with E-state index >= 15 is 0 Å². The molecule has 0 unspecified atom stereocenters. The minimum atomic E-state index is -0.349. The molecule has 0 saturated heterocycles. The minimum absolute atomic E-state index is 0.252. The number of nitrogens with zero attached hydrogens (tertiary/aromatic N) is 2. The third-order valence-corrected chi connectivity index (χ3v) is 4.77.